The average Bonchev–Trinajstić information content (AvgIpc) is 1.88. The van der Waals surface area contributed by atoms with Gasteiger partial charge in [-0.2, -0.15) is 11.8 Å². The van der Waals surface area contributed by atoms with E-state index in [2.05, 4.69) is 0 Å². The number of rotatable bonds is 5. The maximum atomic E-state index is 10.2. The van der Waals surface area contributed by atoms with Gasteiger partial charge in [0.05, 0.1) is 0 Å². The molecule has 0 rings (SSSR count). The van der Waals surface area contributed by atoms with Crippen LogP contribution in [0.2, 0.25) is 0 Å². The molecule has 0 heterocycles. The molecule has 0 unspecified atom stereocenters. The first-order chi connectivity index (χ1) is 4.68. The minimum Gasteiger partial charge on any atom is -0.480 e. The molecule has 0 aromatic heterocycles. The smallest absolute Gasteiger partial charge is 0.320 e. The Balaban J connectivity index is 0. The van der Waals surface area contributed by atoms with E-state index in [1.54, 1.807) is 11.8 Å². The van der Waals surface area contributed by atoms with E-state index < -0.39 is 12.0 Å². The predicted octanol–water partition coefficient (Wildman–Crippen LogP) is 0.161. The average molecular weight is 186 g/mol. The van der Waals surface area contributed by atoms with Gasteiger partial charge in [-0.05, 0) is 17.9 Å². The predicted molar refractivity (Wildman–Crippen MR) is 49.0 cm³/mol. The zero-order valence-electron chi connectivity index (χ0n) is 7.04. The summed E-state index contributed by atoms with van der Waals surface area (Å²) < 4.78 is 0. The zero-order chi connectivity index (χ0) is 7.98. The van der Waals surface area contributed by atoms with E-state index in [0.717, 1.165) is 11.5 Å². The molecule has 0 saturated heterocycles. The molecular formula is C6H13NNaO2S. The van der Waals surface area contributed by atoms with Crippen LogP contribution in [0.3, 0.4) is 0 Å². The van der Waals surface area contributed by atoms with Crippen LogP contribution in [0.25, 0.3) is 0 Å². The molecule has 0 aliphatic carbocycles. The molecule has 1 radical (unpaired) electrons. The Hall–Kier alpha value is 0.780. The third-order valence-corrected chi connectivity index (χ3v) is 2.03. The minimum absolute atomic E-state index is 0. The molecule has 0 bridgehead atoms. The van der Waals surface area contributed by atoms with Crippen molar-refractivity contribution in [2.75, 3.05) is 11.5 Å². The van der Waals surface area contributed by atoms with Crippen molar-refractivity contribution in [1.29, 1.82) is 0 Å². The number of carboxylic acids is 1. The van der Waals surface area contributed by atoms with Gasteiger partial charge in [-0.25, -0.2) is 0 Å². The summed E-state index contributed by atoms with van der Waals surface area (Å²) in [5, 5.41) is 8.35. The molecule has 0 aliphatic heterocycles. The van der Waals surface area contributed by atoms with E-state index in [9.17, 15) is 4.79 Å². The van der Waals surface area contributed by atoms with Crippen molar-refractivity contribution in [3.8, 4) is 0 Å². The second kappa shape index (κ2) is 8.87. The molecule has 0 amide bonds. The van der Waals surface area contributed by atoms with Crippen LogP contribution in [0.4, 0.5) is 0 Å². The van der Waals surface area contributed by atoms with Gasteiger partial charge >= 0.3 is 5.97 Å². The number of carboxylic acid groups (broad SMARTS) is 1. The first kappa shape index (κ1) is 14.3. The van der Waals surface area contributed by atoms with Crippen molar-refractivity contribution in [3.63, 3.8) is 0 Å². The Labute approximate surface area is 93.4 Å². The van der Waals surface area contributed by atoms with Gasteiger partial charge in [-0.3, -0.25) is 4.79 Å². The molecule has 0 aliphatic rings. The standard InChI is InChI=1S/C6H13NO2S.Na/c1-2-10-4-3-5(7)6(8)9;/h5H,2-4,7H2,1H3,(H,8,9);/t5-;/m0./s1. The third-order valence-electron chi connectivity index (χ3n) is 1.09. The molecule has 0 saturated carbocycles. The van der Waals surface area contributed by atoms with Crippen molar-refractivity contribution in [2.24, 2.45) is 5.73 Å². The Bertz CT molecular complexity index is 113. The van der Waals surface area contributed by atoms with Crippen molar-refractivity contribution in [1.82, 2.24) is 0 Å². The fourth-order valence-electron chi connectivity index (χ4n) is 0.478. The van der Waals surface area contributed by atoms with Crippen LogP contribution in [0.15, 0.2) is 0 Å². The van der Waals surface area contributed by atoms with Crippen molar-refractivity contribution in [3.05, 3.63) is 0 Å². The third kappa shape index (κ3) is 8.69. The van der Waals surface area contributed by atoms with Crippen LogP contribution in [0.1, 0.15) is 13.3 Å². The Morgan fingerprint density at radius 2 is 2.27 bits per heavy atom. The summed E-state index contributed by atoms with van der Waals surface area (Å²) in [6, 6.07) is -0.681. The van der Waals surface area contributed by atoms with Gasteiger partial charge in [0.1, 0.15) is 6.04 Å². The van der Waals surface area contributed by atoms with Gasteiger partial charge in [-0.1, -0.05) is 6.92 Å². The summed E-state index contributed by atoms with van der Waals surface area (Å²) in [6.07, 6.45) is 0.563. The summed E-state index contributed by atoms with van der Waals surface area (Å²) >= 11 is 1.71. The monoisotopic (exact) mass is 186 g/mol. The van der Waals surface area contributed by atoms with Gasteiger partial charge in [0.25, 0.3) is 0 Å². The fourth-order valence-corrected chi connectivity index (χ4v) is 1.19. The maximum absolute atomic E-state index is 10.2. The Morgan fingerprint density at radius 1 is 1.73 bits per heavy atom. The van der Waals surface area contributed by atoms with Crippen LogP contribution in [-0.4, -0.2) is 58.2 Å². The fraction of sp³-hybridized carbons (Fsp3) is 0.833. The topological polar surface area (TPSA) is 63.3 Å². The minimum atomic E-state index is -0.906. The van der Waals surface area contributed by atoms with Crippen molar-refractivity contribution in [2.45, 2.75) is 19.4 Å². The number of hydrogen-bond donors (Lipinski definition) is 2. The molecule has 1 atom stereocenters. The molecule has 3 nitrogen and oxygen atoms in total. The molecule has 3 N–H and O–H groups in total. The normalized spacial score (nSPS) is 11.8. The second-order valence-corrected chi connectivity index (χ2v) is 3.32. The largest absolute Gasteiger partial charge is 0.480 e. The van der Waals surface area contributed by atoms with E-state index >= 15 is 0 Å². The van der Waals surface area contributed by atoms with Gasteiger partial charge in [0.15, 0.2) is 0 Å². The van der Waals surface area contributed by atoms with Crippen LogP contribution >= 0.6 is 11.8 Å². The van der Waals surface area contributed by atoms with E-state index in [1.165, 1.54) is 0 Å². The Kier molecular flexibility index (Phi) is 11.5. The first-order valence-corrected chi connectivity index (χ1v) is 4.40. The molecular weight excluding hydrogens is 173 g/mol. The van der Waals surface area contributed by atoms with E-state index in [4.69, 9.17) is 10.8 Å². The summed E-state index contributed by atoms with van der Waals surface area (Å²) in [6.45, 7) is 2.04. The Morgan fingerprint density at radius 3 is 2.64 bits per heavy atom. The summed E-state index contributed by atoms with van der Waals surface area (Å²) in [4.78, 5) is 10.2. The zero-order valence-corrected chi connectivity index (χ0v) is 9.86. The van der Waals surface area contributed by atoms with E-state index in [0.29, 0.717) is 6.42 Å². The van der Waals surface area contributed by atoms with Crippen molar-refractivity contribution >= 4 is 47.3 Å². The number of carbonyl (C=O) groups is 1. The van der Waals surface area contributed by atoms with Crippen LogP contribution < -0.4 is 5.73 Å². The van der Waals surface area contributed by atoms with Gasteiger partial charge in [0.2, 0.25) is 0 Å². The summed E-state index contributed by atoms with van der Waals surface area (Å²) in [7, 11) is 0. The second-order valence-electron chi connectivity index (χ2n) is 1.93. The van der Waals surface area contributed by atoms with E-state index in [1.807, 2.05) is 6.92 Å². The number of nitrogens with two attached hydrogens (primary N) is 1. The molecule has 0 aromatic carbocycles. The van der Waals surface area contributed by atoms with Crippen LogP contribution in [-0.2, 0) is 4.79 Å². The first-order valence-electron chi connectivity index (χ1n) is 3.24. The molecule has 11 heavy (non-hydrogen) atoms. The van der Waals surface area contributed by atoms with Gasteiger partial charge in [0, 0.05) is 29.6 Å². The summed E-state index contributed by atoms with van der Waals surface area (Å²) in [5.74, 6) is 0.952. The van der Waals surface area contributed by atoms with Crippen LogP contribution in [0.5, 0.6) is 0 Å². The molecule has 0 fully saturated rings. The van der Waals surface area contributed by atoms with Crippen LogP contribution in [0, 0.1) is 0 Å². The van der Waals surface area contributed by atoms with Gasteiger partial charge < -0.3 is 10.8 Å². The van der Waals surface area contributed by atoms with Gasteiger partial charge in [-0.15, -0.1) is 0 Å². The molecule has 5 heteroatoms. The quantitative estimate of drug-likeness (QED) is 0.474. The van der Waals surface area contributed by atoms with Crippen molar-refractivity contribution < 1.29 is 9.90 Å². The molecule has 0 aromatic rings. The molecule has 0 spiro atoms. The maximum Gasteiger partial charge on any atom is 0.320 e. The number of thioether (sulfide) groups is 1. The summed E-state index contributed by atoms with van der Waals surface area (Å²) in [5.41, 5.74) is 5.24. The number of aliphatic carboxylic acids is 1. The van der Waals surface area contributed by atoms with E-state index in [-0.39, 0.29) is 29.6 Å². The SMILES string of the molecule is CCSCC[C@H](N)C(=O)O.[Na]. The molecule has 61 valence electrons. The number of hydrogen-bond acceptors (Lipinski definition) is 3.